The van der Waals surface area contributed by atoms with Crippen LogP contribution in [0.2, 0.25) is 0 Å². The van der Waals surface area contributed by atoms with Gasteiger partial charge < -0.3 is 10.1 Å². The summed E-state index contributed by atoms with van der Waals surface area (Å²) in [6.45, 7) is 3.47. The van der Waals surface area contributed by atoms with Crippen molar-refractivity contribution in [3.63, 3.8) is 0 Å². The molecule has 2 N–H and O–H groups in total. The maximum atomic E-state index is 11.8. The van der Waals surface area contributed by atoms with Crippen LogP contribution in [0.4, 0.5) is 5.82 Å². The Morgan fingerprint density at radius 3 is 2.56 bits per heavy atom. The van der Waals surface area contributed by atoms with Crippen molar-refractivity contribution >= 4 is 23.3 Å². The molecule has 130 valence electrons. The van der Waals surface area contributed by atoms with Gasteiger partial charge in [0.1, 0.15) is 11.6 Å². The number of aryl methyl sites for hydroxylation is 1. The minimum atomic E-state index is -0.398. The van der Waals surface area contributed by atoms with Crippen LogP contribution in [0.5, 0.6) is 5.75 Å². The third-order valence-electron chi connectivity index (χ3n) is 3.11. The first-order valence-corrected chi connectivity index (χ1v) is 7.75. The lowest BCUT2D eigenvalue weighted by Gasteiger charge is -2.06. The zero-order valence-electron chi connectivity index (χ0n) is 14.2. The summed E-state index contributed by atoms with van der Waals surface area (Å²) >= 11 is 0. The second kappa shape index (κ2) is 9.17. The maximum absolute atomic E-state index is 11.8. The number of nitrogens with one attached hydrogen (secondary N) is 2. The van der Waals surface area contributed by atoms with Crippen LogP contribution in [0.1, 0.15) is 18.9 Å². The van der Waals surface area contributed by atoms with Crippen molar-refractivity contribution < 1.29 is 14.3 Å². The number of carbonyl (C=O) groups is 2. The lowest BCUT2D eigenvalue weighted by atomic mass is 10.2. The SMILES string of the molecule is CC(CC(=O)Nc1ccccn1)=NNC(=O)COc1ccc(C)cc1. The van der Waals surface area contributed by atoms with Crippen LogP contribution in [-0.2, 0) is 9.59 Å². The van der Waals surface area contributed by atoms with Gasteiger partial charge in [0.05, 0.1) is 6.42 Å². The molecule has 7 heteroatoms. The lowest BCUT2D eigenvalue weighted by Crippen LogP contribution is -2.26. The van der Waals surface area contributed by atoms with E-state index < -0.39 is 5.91 Å². The molecule has 1 heterocycles. The maximum Gasteiger partial charge on any atom is 0.277 e. The van der Waals surface area contributed by atoms with Crippen LogP contribution in [-0.4, -0.2) is 29.1 Å². The van der Waals surface area contributed by atoms with Gasteiger partial charge >= 0.3 is 0 Å². The predicted molar refractivity (Wildman–Crippen MR) is 95.4 cm³/mol. The molecule has 0 aliphatic heterocycles. The average Bonchev–Trinajstić information content (AvgIpc) is 2.60. The zero-order chi connectivity index (χ0) is 18.1. The van der Waals surface area contributed by atoms with Crippen molar-refractivity contribution in [3.05, 3.63) is 54.2 Å². The molecule has 0 spiro atoms. The average molecular weight is 340 g/mol. The molecule has 25 heavy (non-hydrogen) atoms. The number of carbonyl (C=O) groups excluding carboxylic acids is 2. The largest absolute Gasteiger partial charge is 0.484 e. The molecule has 0 saturated carbocycles. The molecular formula is C18H20N4O3. The summed E-state index contributed by atoms with van der Waals surface area (Å²) in [4.78, 5) is 27.5. The number of ether oxygens (including phenoxy) is 1. The normalized spacial score (nSPS) is 10.9. The van der Waals surface area contributed by atoms with Crippen LogP contribution < -0.4 is 15.5 Å². The van der Waals surface area contributed by atoms with Gasteiger partial charge in [0.15, 0.2) is 6.61 Å². The van der Waals surface area contributed by atoms with Crippen LogP contribution >= 0.6 is 0 Å². The van der Waals surface area contributed by atoms with Gasteiger partial charge in [-0.1, -0.05) is 23.8 Å². The molecular weight excluding hydrogens is 320 g/mol. The summed E-state index contributed by atoms with van der Waals surface area (Å²) < 4.78 is 5.35. The summed E-state index contributed by atoms with van der Waals surface area (Å²) in [7, 11) is 0. The predicted octanol–water partition coefficient (Wildman–Crippen LogP) is 2.29. The van der Waals surface area contributed by atoms with E-state index in [1.54, 1.807) is 43.5 Å². The summed E-state index contributed by atoms with van der Waals surface area (Å²) in [5, 5.41) is 6.53. The third kappa shape index (κ3) is 6.82. The van der Waals surface area contributed by atoms with E-state index in [2.05, 4.69) is 20.8 Å². The number of amides is 2. The molecule has 1 aromatic heterocycles. The number of aromatic nitrogens is 1. The Hall–Kier alpha value is -3.22. The van der Waals surface area contributed by atoms with Crippen LogP contribution in [0.15, 0.2) is 53.8 Å². The van der Waals surface area contributed by atoms with Crippen LogP contribution in [0, 0.1) is 6.92 Å². The standard InChI is InChI=1S/C18H20N4O3/c1-13-6-8-15(9-7-13)25-12-18(24)22-21-14(2)11-17(23)20-16-5-3-4-10-19-16/h3-10H,11-12H2,1-2H3,(H,22,24)(H,19,20,23). The number of benzene rings is 1. The van der Waals surface area contributed by atoms with E-state index in [1.807, 2.05) is 19.1 Å². The van der Waals surface area contributed by atoms with Crippen LogP contribution in [0.25, 0.3) is 0 Å². The fourth-order valence-electron chi connectivity index (χ4n) is 1.87. The second-order valence-electron chi connectivity index (χ2n) is 5.42. The first-order chi connectivity index (χ1) is 12.0. The quantitative estimate of drug-likeness (QED) is 0.597. The minimum Gasteiger partial charge on any atom is -0.484 e. The fourth-order valence-corrected chi connectivity index (χ4v) is 1.87. The molecule has 1 aromatic carbocycles. The summed E-state index contributed by atoms with van der Waals surface area (Å²) in [5.74, 6) is 0.419. The summed E-state index contributed by atoms with van der Waals surface area (Å²) in [6.07, 6.45) is 1.64. The van der Waals surface area contributed by atoms with E-state index in [0.717, 1.165) is 5.56 Å². The molecule has 2 rings (SSSR count). The van der Waals surface area contributed by atoms with Gasteiger partial charge in [0, 0.05) is 11.9 Å². The van der Waals surface area contributed by atoms with Crippen molar-refractivity contribution in [3.8, 4) is 5.75 Å². The molecule has 0 fully saturated rings. The molecule has 2 aromatic rings. The second-order valence-corrected chi connectivity index (χ2v) is 5.42. The monoisotopic (exact) mass is 340 g/mol. The van der Waals surface area contributed by atoms with E-state index in [1.165, 1.54) is 0 Å². The van der Waals surface area contributed by atoms with E-state index in [-0.39, 0.29) is 18.9 Å². The van der Waals surface area contributed by atoms with Crippen molar-refractivity contribution in [2.24, 2.45) is 5.10 Å². The molecule has 0 bridgehead atoms. The molecule has 2 amide bonds. The number of pyridine rings is 1. The van der Waals surface area contributed by atoms with Gasteiger partial charge in [0.25, 0.3) is 5.91 Å². The van der Waals surface area contributed by atoms with Gasteiger partial charge in [-0.15, -0.1) is 0 Å². The Kier molecular flexibility index (Phi) is 6.65. The van der Waals surface area contributed by atoms with Crippen LogP contribution in [0.3, 0.4) is 0 Å². The number of rotatable bonds is 7. The van der Waals surface area contributed by atoms with Gasteiger partial charge in [-0.3, -0.25) is 9.59 Å². The zero-order valence-corrected chi connectivity index (χ0v) is 14.2. The first kappa shape index (κ1) is 18.1. The fraction of sp³-hybridized carbons (Fsp3) is 0.222. The molecule has 0 saturated heterocycles. The highest BCUT2D eigenvalue weighted by Gasteiger charge is 2.06. The Balaban J connectivity index is 1.73. The van der Waals surface area contributed by atoms with Gasteiger partial charge in [0.2, 0.25) is 5.91 Å². The number of nitrogens with zero attached hydrogens (tertiary/aromatic N) is 2. The lowest BCUT2D eigenvalue weighted by molar-refractivity contribution is -0.123. The summed E-state index contributed by atoms with van der Waals surface area (Å²) in [5.41, 5.74) is 3.94. The van der Waals surface area contributed by atoms with Gasteiger partial charge in [-0.2, -0.15) is 5.10 Å². The van der Waals surface area contributed by atoms with E-state index >= 15 is 0 Å². The van der Waals surface area contributed by atoms with Crippen molar-refractivity contribution in [1.82, 2.24) is 10.4 Å². The highest BCUT2D eigenvalue weighted by Crippen LogP contribution is 2.10. The highest BCUT2D eigenvalue weighted by atomic mass is 16.5. The van der Waals surface area contributed by atoms with Crippen molar-refractivity contribution in [1.29, 1.82) is 0 Å². The van der Waals surface area contributed by atoms with Crippen molar-refractivity contribution in [2.75, 3.05) is 11.9 Å². The number of anilines is 1. The molecule has 0 aliphatic carbocycles. The van der Waals surface area contributed by atoms with E-state index in [9.17, 15) is 9.59 Å². The Bertz CT molecular complexity index is 743. The first-order valence-electron chi connectivity index (χ1n) is 7.75. The summed E-state index contributed by atoms with van der Waals surface area (Å²) in [6, 6.07) is 12.6. The molecule has 0 unspecified atom stereocenters. The molecule has 0 aliphatic rings. The van der Waals surface area contributed by atoms with Crippen molar-refractivity contribution in [2.45, 2.75) is 20.3 Å². The van der Waals surface area contributed by atoms with Gasteiger partial charge in [-0.05, 0) is 38.1 Å². The number of hydrazone groups is 1. The van der Waals surface area contributed by atoms with E-state index in [4.69, 9.17) is 4.74 Å². The highest BCUT2D eigenvalue weighted by molar-refractivity contribution is 6.05. The molecule has 0 radical (unpaired) electrons. The minimum absolute atomic E-state index is 0.0513. The Labute approximate surface area is 146 Å². The number of hydrogen-bond acceptors (Lipinski definition) is 5. The number of hydrogen-bond donors (Lipinski definition) is 2. The Morgan fingerprint density at radius 1 is 1.12 bits per heavy atom. The molecule has 7 nitrogen and oxygen atoms in total. The molecule has 0 atom stereocenters. The Morgan fingerprint density at radius 2 is 1.88 bits per heavy atom. The van der Waals surface area contributed by atoms with Gasteiger partial charge in [-0.25, -0.2) is 10.4 Å². The smallest absolute Gasteiger partial charge is 0.277 e. The third-order valence-corrected chi connectivity index (χ3v) is 3.11. The van der Waals surface area contributed by atoms with E-state index in [0.29, 0.717) is 17.3 Å². The topological polar surface area (TPSA) is 92.7 Å².